The molecular formula is C19H26N3O5S3+. The van der Waals surface area contributed by atoms with Gasteiger partial charge in [-0.05, 0) is 37.8 Å². The number of piperazine rings is 1. The van der Waals surface area contributed by atoms with Crippen LogP contribution in [0, 0.1) is 13.8 Å². The number of hydrogen-bond acceptors (Lipinski definition) is 7. The van der Waals surface area contributed by atoms with Crippen molar-refractivity contribution in [2.24, 2.45) is 0 Å². The standard InChI is InChI=1S/C19H25N3O5S3/c1-4-27-19(24)17-13(2)14(3)29-18(17)20-15(23)12-21-7-9-22(10-8-21)30(25,26)16-6-5-11-28-16/h5-6,11H,4,7-10,12H2,1-3H3,(H,20,23)/p+1. The Bertz CT molecular complexity index is 1010. The molecule has 0 bridgehead atoms. The molecule has 11 heteroatoms. The maximum Gasteiger partial charge on any atom is 0.341 e. The number of hydrogen-bond donors (Lipinski definition) is 2. The normalized spacial score (nSPS) is 15.8. The van der Waals surface area contributed by atoms with Crippen molar-refractivity contribution < 1.29 is 27.6 Å². The van der Waals surface area contributed by atoms with E-state index in [0.717, 1.165) is 15.3 Å². The molecule has 0 unspecified atom stereocenters. The third kappa shape index (κ3) is 4.92. The van der Waals surface area contributed by atoms with Gasteiger partial charge in [0.15, 0.2) is 6.54 Å². The second-order valence-corrected chi connectivity index (χ2v) is 11.4. The van der Waals surface area contributed by atoms with Crippen molar-refractivity contribution in [3.8, 4) is 0 Å². The number of quaternary nitrogens is 1. The van der Waals surface area contributed by atoms with Gasteiger partial charge in [0.2, 0.25) is 0 Å². The van der Waals surface area contributed by atoms with E-state index in [0.29, 0.717) is 41.0 Å². The fraction of sp³-hybridized carbons (Fsp3) is 0.474. The number of nitrogens with one attached hydrogen (secondary N) is 2. The molecule has 0 aliphatic carbocycles. The Balaban J connectivity index is 1.58. The number of thiophene rings is 2. The van der Waals surface area contributed by atoms with Crippen molar-refractivity contribution in [3.63, 3.8) is 0 Å². The van der Waals surface area contributed by atoms with Gasteiger partial charge in [-0.15, -0.1) is 22.7 Å². The number of esters is 1. The smallest absolute Gasteiger partial charge is 0.341 e. The Kier molecular flexibility index (Phi) is 7.30. The molecule has 1 aliphatic heterocycles. The van der Waals surface area contributed by atoms with Gasteiger partial charge in [0, 0.05) is 4.88 Å². The summed E-state index contributed by atoms with van der Waals surface area (Å²) >= 11 is 2.57. The van der Waals surface area contributed by atoms with Crippen LogP contribution in [0.25, 0.3) is 0 Å². The lowest BCUT2D eigenvalue weighted by Crippen LogP contribution is -3.15. The quantitative estimate of drug-likeness (QED) is 0.589. The van der Waals surface area contributed by atoms with Crippen LogP contribution in [0.5, 0.6) is 0 Å². The molecule has 3 rings (SSSR count). The Labute approximate surface area is 184 Å². The van der Waals surface area contributed by atoms with E-state index in [-0.39, 0.29) is 19.1 Å². The number of ether oxygens (including phenoxy) is 1. The predicted octanol–water partition coefficient (Wildman–Crippen LogP) is 1.13. The van der Waals surface area contributed by atoms with Crippen LogP contribution in [-0.4, -0.2) is 63.9 Å². The lowest BCUT2D eigenvalue weighted by Gasteiger charge is -2.30. The van der Waals surface area contributed by atoms with E-state index < -0.39 is 16.0 Å². The lowest BCUT2D eigenvalue weighted by molar-refractivity contribution is -0.895. The van der Waals surface area contributed by atoms with Crippen LogP contribution in [0.1, 0.15) is 27.7 Å². The highest BCUT2D eigenvalue weighted by atomic mass is 32.2. The number of aryl methyl sites for hydroxylation is 1. The largest absolute Gasteiger partial charge is 0.462 e. The van der Waals surface area contributed by atoms with Gasteiger partial charge in [-0.25, -0.2) is 13.2 Å². The second-order valence-electron chi connectivity index (χ2n) is 7.02. The third-order valence-corrected chi connectivity index (χ3v) is 9.44. The summed E-state index contributed by atoms with van der Waals surface area (Å²) in [5.41, 5.74) is 1.23. The molecule has 3 heterocycles. The third-order valence-electron chi connectivity index (χ3n) is 5.05. The van der Waals surface area contributed by atoms with Crippen LogP contribution >= 0.6 is 22.7 Å². The average molecular weight is 473 g/mol. The predicted molar refractivity (Wildman–Crippen MR) is 117 cm³/mol. The number of carbonyl (C=O) groups excluding carboxylic acids is 2. The number of rotatable bonds is 7. The number of amides is 1. The molecule has 2 aromatic heterocycles. The van der Waals surface area contributed by atoms with Gasteiger partial charge in [0.1, 0.15) is 9.21 Å². The zero-order valence-electron chi connectivity index (χ0n) is 17.2. The Hall–Kier alpha value is -1.79. The maximum absolute atomic E-state index is 12.6. The molecule has 1 fully saturated rings. The summed E-state index contributed by atoms with van der Waals surface area (Å²) in [6.07, 6.45) is 0. The van der Waals surface area contributed by atoms with Crippen molar-refractivity contribution in [2.45, 2.75) is 25.0 Å². The van der Waals surface area contributed by atoms with E-state index in [1.54, 1.807) is 24.4 Å². The molecule has 0 radical (unpaired) electrons. The highest BCUT2D eigenvalue weighted by molar-refractivity contribution is 7.91. The van der Waals surface area contributed by atoms with E-state index in [9.17, 15) is 18.0 Å². The van der Waals surface area contributed by atoms with Gasteiger partial charge in [-0.2, -0.15) is 4.31 Å². The van der Waals surface area contributed by atoms with Crippen LogP contribution in [-0.2, 0) is 19.6 Å². The monoisotopic (exact) mass is 472 g/mol. The van der Waals surface area contributed by atoms with Crippen LogP contribution in [0.15, 0.2) is 21.7 Å². The summed E-state index contributed by atoms with van der Waals surface area (Å²) in [5.74, 6) is -0.638. The first-order valence-corrected chi connectivity index (χ1v) is 12.8. The first kappa shape index (κ1) is 22.9. The van der Waals surface area contributed by atoms with Crippen LogP contribution in [0.3, 0.4) is 0 Å². The number of nitrogens with zero attached hydrogens (tertiary/aromatic N) is 1. The van der Waals surface area contributed by atoms with Crippen molar-refractivity contribution in [1.82, 2.24) is 4.31 Å². The molecule has 0 saturated carbocycles. The molecule has 1 aliphatic rings. The molecule has 2 N–H and O–H groups in total. The summed E-state index contributed by atoms with van der Waals surface area (Å²) in [6.45, 7) is 7.79. The van der Waals surface area contributed by atoms with Gasteiger partial charge in [-0.1, -0.05) is 6.07 Å². The van der Waals surface area contributed by atoms with Crippen molar-refractivity contribution in [2.75, 3.05) is 44.6 Å². The number of anilines is 1. The first-order chi connectivity index (χ1) is 14.2. The molecule has 164 valence electrons. The van der Waals surface area contributed by atoms with Crippen molar-refractivity contribution in [1.29, 1.82) is 0 Å². The fourth-order valence-corrected chi connectivity index (χ4v) is 6.97. The zero-order chi connectivity index (χ0) is 21.9. The van der Waals surface area contributed by atoms with Crippen molar-refractivity contribution >= 4 is 49.6 Å². The minimum Gasteiger partial charge on any atom is -0.462 e. The van der Waals surface area contributed by atoms with Gasteiger partial charge >= 0.3 is 5.97 Å². The minimum absolute atomic E-state index is 0.202. The van der Waals surface area contributed by atoms with Gasteiger partial charge in [0.25, 0.3) is 15.9 Å². The van der Waals surface area contributed by atoms with E-state index in [1.807, 2.05) is 13.8 Å². The van der Waals surface area contributed by atoms with Crippen LogP contribution in [0.2, 0.25) is 0 Å². The first-order valence-electron chi connectivity index (χ1n) is 9.68. The molecule has 1 amide bonds. The SMILES string of the molecule is CCOC(=O)c1c(NC(=O)C[NH+]2CCN(S(=O)(=O)c3cccs3)CC2)sc(C)c1C. The Morgan fingerprint density at radius 3 is 2.57 bits per heavy atom. The minimum atomic E-state index is -3.45. The molecule has 2 aromatic rings. The van der Waals surface area contributed by atoms with Crippen LogP contribution < -0.4 is 10.2 Å². The summed E-state index contributed by atoms with van der Waals surface area (Å²) < 4.78 is 32.2. The van der Waals surface area contributed by atoms with Crippen molar-refractivity contribution in [3.05, 3.63) is 33.5 Å². The lowest BCUT2D eigenvalue weighted by atomic mass is 10.1. The van der Waals surface area contributed by atoms with Gasteiger partial charge in [-0.3, -0.25) is 4.79 Å². The molecule has 0 spiro atoms. The van der Waals surface area contributed by atoms with E-state index in [1.165, 1.54) is 27.0 Å². The molecule has 0 atom stereocenters. The summed E-state index contributed by atoms with van der Waals surface area (Å²) in [7, 11) is -3.45. The van der Waals surface area contributed by atoms with Crippen LogP contribution in [0.4, 0.5) is 5.00 Å². The topological polar surface area (TPSA) is 97.2 Å². The molecule has 30 heavy (non-hydrogen) atoms. The van der Waals surface area contributed by atoms with E-state index in [2.05, 4.69) is 5.32 Å². The fourth-order valence-electron chi connectivity index (χ4n) is 3.32. The van der Waals surface area contributed by atoms with E-state index in [4.69, 9.17) is 4.74 Å². The van der Waals surface area contributed by atoms with Gasteiger partial charge in [0.05, 0.1) is 38.3 Å². The molecule has 8 nitrogen and oxygen atoms in total. The Morgan fingerprint density at radius 1 is 1.27 bits per heavy atom. The summed E-state index contributed by atoms with van der Waals surface area (Å²) in [5, 5.41) is 5.10. The second kappa shape index (κ2) is 9.56. The maximum atomic E-state index is 12.6. The molecule has 1 saturated heterocycles. The summed E-state index contributed by atoms with van der Waals surface area (Å²) in [6, 6.07) is 3.33. The highest BCUT2D eigenvalue weighted by Crippen LogP contribution is 2.32. The molecule has 0 aromatic carbocycles. The number of carbonyl (C=O) groups is 2. The summed E-state index contributed by atoms with van der Waals surface area (Å²) in [4.78, 5) is 26.8. The Morgan fingerprint density at radius 2 is 1.97 bits per heavy atom. The molecular weight excluding hydrogens is 446 g/mol. The van der Waals surface area contributed by atoms with E-state index >= 15 is 0 Å². The average Bonchev–Trinajstić information content (AvgIpc) is 3.32. The zero-order valence-corrected chi connectivity index (χ0v) is 19.6. The highest BCUT2D eigenvalue weighted by Gasteiger charge is 2.32. The number of sulfonamides is 1. The van der Waals surface area contributed by atoms with Gasteiger partial charge < -0.3 is 15.0 Å².